The second-order valence-electron chi connectivity index (χ2n) is 5.19. The third-order valence-corrected chi connectivity index (χ3v) is 4.28. The molecule has 0 saturated carbocycles. The topological polar surface area (TPSA) is 44.2 Å². The SMILES string of the molecule is Clc1nc2c3cccnc3ccc2c2cc3c(cc12)OCO3. The smallest absolute Gasteiger partial charge is 0.231 e. The van der Waals surface area contributed by atoms with Gasteiger partial charge in [0.2, 0.25) is 6.79 Å². The van der Waals surface area contributed by atoms with E-state index < -0.39 is 0 Å². The minimum atomic E-state index is 0.238. The Labute approximate surface area is 130 Å². The lowest BCUT2D eigenvalue weighted by molar-refractivity contribution is 0.174. The van der Waals surface area contributed by atoms with Crippen LogP contribution in [0.1, 0.15) is 0 Å². The molecular formula is C17H9ClN2O2. The first-order valence-corrected chi connectivity index (χ1v) is 7.25. The zero-order valence-electron chi connectivity index (χ0n) is 11.3. The van der Waals surface area contributed by atoms with Gasteiger partial charge in [0.25, 0.3) is 0 Å². The number of hydrogen-bond donors (Lipinski definition) is 0. The van der Waals surface area contributed by atoms with Crippen molar-refractivity contribution in [3.05, 3.63) is 47.7 Å². The molecule has 0 spiro atoms. The first kappa shape index (κ1) is 12.0. The minimum Gasteiger partial charge on any atom is -0.454 e. The molecule has 0 amide bonds. The molecule has 3 heterocycles. The first-order valence-electron chi connectivity index (χ1n) is 6.87. The second-order valence-corrected chi connectivity index (χ2v) is 5.54. The van der Waals surface area contributed by atoms with Gasteiger partial charge in [-0.1, -0.05) is 11.6 Å². The maximum absolute atomic E-state index is 6.41. The molecule has 4 nitrogen and oxygen atoms in total. The molecule has 0 bridgehead atoms. The van der Waals surface area contributed by atoms with Gasteiger partial charge in [0.1, 0.15) is 5.15 Å². The maximum Gasteiger partial charge on any atom is 0.231 e. The summed E-state index contributed by atoms with van der Waals surface area (Å²) in [5.74, 6) is 1.44. The number of benzene rings is 2. The molecule has 0 aliphatic carbocycles. The van der Waals surface area contributed by atoms with Gasteiger partial charge in [-0.2, -0.15) is 0 Å². The van der Waals surface area contributed by atoms with Gasteiger partial charge >= 0.3 is 0 Å². The number of fused-ring (bicyclic) bond motifs is 6. The van der Waals surface area contributed by atoms with Crippen LogP contribution in [-0.2, 0) is 0 Å². The molecule has 0 saturated heterocycles. The molecule has 1 aliphatic rings. The lowest BCUT2D eigenvalue weighted by atomic mass is 10.0. The monoisotopic (exact) mass is 308 g/mol. The Morgan fingerprint density at radius 2 is 1.73 bits per heavy atom. The third-order valence-electron chi connectivity index (χ3n) is 3.99. The highest BCUT2D eigenvalue weighted by Gasteiger charge is 2.18. The van der Waals surface area contributed by atoms with Crippen molar-refractivity contribution in [2.24, 2.45) is 0 Å². The molecule has 0 N–H and O–H groups in total. The summed E-state index contributed by atoms with van der Waals surface area (Å²) in [5, 5.41) is 4.34. The van der Waals surface area contributed by atoms with Crippen molar-refractivity contribution in [3.63, 3.8) is 0 Å². The van der Waals surface area contributed by atoms with Crippen LogP contribution in [0.5, 0.6) is 11.5 Å². The molecule has 22 heavy (non-hydrogen) atoms. The number of pyridine rings is 2. The van der Waals surface area contributed by atoms with Crippen molar-refractivity contribution in [1.29, 1.82) is 0 Å². The summed E-state index contributed by atoms with van der Waals surface area (Å²) in [6, 6.07) is 11.8. The molecule has 0 radical (unpaired) electrons. The predicted octanol–water partition coefficient (Wildman–Crippen LogP) is 4.32. The molecule has 2 aromatic carbocycles. The van der Waals surface area contributed by atoms with Crippen molar-refractivity contribution in [1.82, 2.24) is 9.97 Å². The fourth-order valence-electron chi connectivity index (χ4n) is 2.97. The standard InChI is InChI=1S/C17H9ClN2O2/c18-17-12-7-15-14(21-8-22-15)6-11(12)9-3-4-13-10(16(9)20-17)2-1-5-19-13/h1-7H,8H2. The highest BCUT2D eigenvalue weighted by atomic mass is 35.5. The normalized spacial score (nSPS) is 13.3. The predicted molar refractivity (Wildman–Crippen MR) is 85.7 cm³/mol. The van der Waals surface area contributed by atoms with E-state index in [0.717, 1.165) is 38.3 Å². The fraction of sp³-hybridized carbons (Fsp3) is 0.0588. The van der Waals surface area contributed by atoms with Crippen LogP contribution >= 0.6 is 11.6 Å². The third kappa shape index (κ3) is 1.53. The summed E-state index contributed by atoms with van der Waals surface area (Å²) in [4.78, 5) is 8.96. The second kappa shape index (κ2) is 4.21. The van der Waals surface area contributed by atoms with Crippen molar-refractivity contribution in [3.8, 4) is 11.5 Å². The van der Waals surface area contributed by atoms with E-state index in [-0.39, 0.29) is 6.79 Å². The van der Waals surface area contributed by atoms with Crippen molar-refractivity contribution in [2.45, 2.75) is 0 Å². The Morgan fingerprint density at radius 1 is 0.909 bits per heavy atom. The van der Waals surface area contributed by atoms with Gasteiger partial charge in [0, 0.05) is 22.4 Å². The van der Waals surface area contributed by atoms with E-state index >= 15 is 0 Å². The molecule has 5 heteroatoms. The van der Waals surface area contributed by atoms with Crippen molar-refractivity contribution < 1.29 is 9.47 Å². The summed E-state index contributed by atoms with van der Waals surface area (Å²) in [5.41, 5.74) is 1.75. The average molecular weight is 309 g/mol. The highest BCUT2D eigenvalue weighted by Crippen LogP contribution is 2.41. The van der Waals surface area contributed by atoms with Crippen LogP contribution in [0.25, 0.3) is 32.6 Å². The molecule has 0 fully saturated rings. The zero-order chi connectivity index (χ0) is 14.7. The van der Waals surface area contributed by atoms with Crippen LogP contribution in [0, 0.1) is 0 Å². The van der Waals surface area contributed by atoms with E-state index in [1.807, 2.05) is 36.4 Å². The Hall–Kier alpha value is -2.59. The number of ether oxygens (including phenoxy) is 2. The molecular weight excluding hydrogens is 300 g/mol. The van der Waals surface area contributed by atoms with Gasteiger partial charge in [0.15, 0.2) is 11.5 Å². The molecule has 0 atom stereocenters. The van der Waals surface area contributed by atoms with E-state index in [0.29, 0.717) is 10.9 Å². The van der Waals surface area contributed by atoms with E-state index in [2.05, 4.69) is 9.97 Å². The van der Waals surface area contributed by atoms with Gasteiger partial charge in [-0.3, -0.25) is 4.98 Å². The Bertz CT molecular complexity index is 1080. The molecule has 106 valence electrons. The molecule has 2 aromatic heterocycles. The van der Waals surface area contributed by atoms with Crippen LogP contribution in [0.2, 0.25) is 5.15 Å². The molecule has 1 aliphatic heterocycles. The Balaban J connectivity index is 2.02. The van der Waals surface area contributed by atoms with Gasteiger partial charge in [0.05, 0.1) is 11.0 Å². The van der Waals surface area contributed by atoms with E-state index in [1.54, 1.807) is 6.20 Å². The van der Waals surface area contributed by atoms with Gasteiger partial charge in [-0.05, 0) is 41.8 Å². The van der Waals surface area contributed by atoms with Crippen LogP contribution in [0.15, 0.2) is 42.6 Å². The number of hydrogen-bond acceptors (Lipinski definition) is 4. The van der Waals surface area contributed by atoms with Crippen molar-refractivity contribution >= 4 is 44.2 Å². The van der Waals surface area contributed by atoms with Gasteiger partial charge < -0.3 is 9.47 Å². The van der Waals surface area contributed by atoms with E-state index in [1.165, 1.54) is 0 Å². The number of halogens is 1. The molecule has 4 aromatic rings. The number of aromatic nitrogens is 2. The number of nitrogens with zero attached hydrogens (tertiary/aromatic N) is 2. The number of rotatable bonds is 0. The summed E-state index contributed by atoms with van der Waals surface area (Å²) in [6.45, 7) is 0.238. The van der Waals surface area contributed by atoms with Crippen LogP contribution in [0.4, 0.5) is 0 Å². The van der Waals surface area contributed by atoms with Crippen LogP contribution in [-0.4, -0.2) is 16.8 Å². The Kier molecular flexibility index (Phi) is 2.30. The zero-order valence-corrected chi connectivity index (χ0v) is 12.1. The summed E-state index contributed by atoms with van der Waals surface area (Å²) in [7, 11) is 0. The quantitative estimate of drug-likeness (QED) is 0.358. The first-order chi connectivity index (χ1) is 10.8. The summed E-state index contributed by atoms with van der Waals surface area (Å²) >= 11 is 6.41. The Morgan fingerprint density at radius 3 is 2.59 bits per heavy atom. The lowest BCUT2D eigenvalue weighted by Gasteiger charge is -2.09. The minimum absolute atomic E-state index is 0.238. The maximum atomic E-state index is 6.41. The van der Waals surface area contributed by atoms with Gasteiger partial charge in [-0.25, -0.2) is 4.98 Å². The highest BCUT2D eigenvalue weighted by molar-refractivity contribution is 6.36. The van der Waals surface area contributed by atoms with Crippen LogP contribution in [0.3, 0.4) is 0 Å². The van der Waals surface area contributed by atoms with Crippen molar-refractivity contribution in [2.75, 3.05) is 6.79 Å². The fourth-order valence-corrected chi connectivity index (χ4v) is 3.21. The molecule has 5 rings (SSSR count). The lowest BCUT2D eigenvalue weighted by Crippen LogP contribution is -1.92. The largest absolute Gasteiger partial charge is 0.454 e. The van der Waals surface area contributed by atoms with E-state index in [4.69, 9.17) is 21.1 Å². The van der Waals surface area contributed by atoms with E-state index in [9.17, 15) is 0 Å². The average Bonchev–Trinajstić information content (AvgIpc) is 3.01. The summed E-state index contributed by atoms with van der Waals surface area (Å²) < 4.78 is 10.9. The van der Waals surface area contributed by atoms with Gasteiger partial charge in [-0.15, -0.1) is 0 Å². The summed E-state index contributed by atoms with van der Waals surface area (Å²) in [6.07, 6.45) is 1.77. The molecule has 0 unspecified atom stereocenters. The van der Waals surface area contributed by atoms with Crippen LogP contribution < -0.4 is 9.47 Å².